The fraction of sp³-hybridized carbons (Fsp3) is 0.400. The number of hydrogen-bond acceptors (Lipinski definition) is 6. The lowest BCUT2D eigenvalue weighted by Gasteiger charge is -2.25. The van der Waals surface area contributed by atoms with Crippen LogP contribution in [0.2, 0.25) is 0 Å². The molecule has 7 nitrogen and oxygen atoms in total. The van der Waals surface area contributed by atoms with Gasteiger partial charge in [-0.05, 0) is 30.7 Å². The lowest BCUT2D eigenvalue weighted by molar-refractivity contribution is 0.0291. The Balaban J connectivity index is 2.00. The van der Waals surface area contributed by atoms with Gasteiger partial charge >= 0.3 is 0 Å². The van der Waals surface area contributed by atoms with Crippen molar-refractivity contribution in [2.45, 2.75) is 26.0 Å². The second kappa shape index (κ2) is 12.4. The van der Waals surface area contributed by atoms with Crippen LogP contribution in [0.25, 0.3) is 5.69 Å². The Hall–Kier alpha value is -2.71. The molecular weight excluding hydrogens is 406 g/mol. The fourth-order valence-corrected chi connectivity index (χ4v) is 3.59. The number of aromatic nitrogens is 2. The molecule has 0 radical (unpaired) electrons. The standard InChI is InChI=1S/C25H33N3O4/c1-4-24-23(18-27(15-16-30-2)17-21(29)19-31-3)25(32-22-13-9-6-10-14-22)28(26-24)20-11-7-5-8-12-20/h5-14,21,29H,4,15-19H2,1-3H3/t21-/m1/s1. The second-order valence-electron chi connectivity index (χ2n) is 7.58. The van der Waals surface area contributed by atoms with Crippen molar-refractivity contribution in [2.24, 2.45) is 0 Å². The predicted octanol–water partition coefficient (Wildman–Crippen LogP) is 3.68. The van der Waals surface area contributed by atoms with E-state index < -0.39 is 6.10 Å². The highest BCUT2D eigenvalue weighted by Crippen LogP contribution is 2.32. The van der Waals surface area contributed by atoms with Gasteiger partial charge < -0.3 is 19.3 Å². The van der Waals surface area contributed by atoms with Crippen LogP contribution in [-0.2, 0) is 22.4 Å². The SMILES string of the molecule is CCc1nn(-c2ccccc2)c(Oc2ccccc2)c1CN(CCOC)C[C@@H](O)COC. The van der Waals surface area contributed by atoms with E-state index in [-0.39, 0.29) is 6.61 Å². The van der Waals surface area contributed by atoms with Gasteiger partial charge in [-0.1, -0.05) is 43.3 Å². The Labute approximate surface area is 190 Å². The number of aliphatic hydroxyl groups is 1. The van der Waals surface area contributed by atoms with Crippen LogP contribution in [0.5, 0.6) is 11.6 Å². The minimum atomic E-state index is -0.593. The topological polar surface area (TPSA) is 69.0 Å². The summed E-state index contributed by atoms with van der Waals surface area (Å²) in [7, 11) is 3.27. The van der Waals surface area contributed by atoms with Crippen LogP contribution < -0.4 is 4.74 Å². The first-order chi connectivity index (χ1) is 15.7. The largest absolute Gasteiger partial charge is 0.439 e. The van der Waals surface area contributed by atoms with Crippen molar-refractivity contribution in [2.75, 3.05) is 40.5 Å². The maximum atomic E-state index is 10.4. The second-order valence-corrected chi connectivity index (χ2v) is 7.58. The van der Waals surface area contributed by atoms with Gasteiger partial charge in [-0.25, -0.2) is 4.68 Å². The van der Waals surface area contributed by atoms with Crippen LogP contribution in [-0.4, -0.2) is 66.4 Å². The number of aliphatic hydroxyl groups excluding tert-OH is 1. The van der Waals surface area contributed by atoms with Crippen molar-refractivity contribution in [1.82, 2.24) is 14.7 Å². The predicted molar refractivity (Wildman–Crippen MR) is 124 cm³/mol. The maximum Gasteiger partial charge on any atom is 0.227 e. The number of methoxy groups -OCH3 is 2. The molecule has 32 heavy (non-hydrogen) atoms. The highest BCUT2D eigenvalue weighted by Gasteiger charge is 2.23. The van der Waals surface area contributed by atoms with Crippen LogP contribution in [0.1, 0.15) is 18.2 Å². The van der Waals surface area contributed by atoms with Gasteiger partial charge in [0.15, 0.2) is 0 Å². The molecule has 0 unspecified atom stereocenters. The number of aryl methyl sites for hydroxylation is 1. The molecule has 0 aliphatic carbocycles. The lowest BCUT2D eigenvalue weighted by Crippen LogP contribution is -2.36. The number of rotatable bonds is 13. The molecular formula is C25H33N3O4. The quantitative estimate of drug-likeness (QED) is 0.438. The van der Waals surface area contributed by atoms with Gasteiger partial charge in [0.1, 0.15) is 5.75 Å². The first-order valence-corrected chi connectivity index (χ1v) is 10.9. The van der Waals surface area contributed by atoms with E-state index in [2.05, 4.69) is 11.8 Å². The maximum absolute atomic E-state index is 10.4. The van der Waals surface area contributed by atoms with Gasteiger partial charge in [0.25, 0.3) is 0 Å². The Morgan fingerprint density at radius 2 is 1.69 bits per heavy atom. The molecule has 0 spiro atoms. The Bertz CT molecular complexity index is 931. The van der Waals surface area contributed by atoms with Crippen molar-refractivity contribution in [3.8, 4) is 17.3 Å². The van der Waals surface area contributed by atoms with Crippen LogP contribution in [0.3, 0.4) is 0 Å². The van der Waals surface area contributed by atoms with Crippen molar-refractivity contribution < 1.29 is 19.3 Å². The molecule has 2 aromatic carbocycles. The molecule has 0 bridgehead atoms. The van der Waals surface area contributed by atoms with E-state index in [0.29, 0.717) is 32.1 Å². The van der Waals surface area contributed by atoms with E-state index >= 15 is 0 Å². The number of ether oxygens (including phenoxy) is 3. The number of nitrogens with zero attached hydrogens (tertiary/aromatic N) is 3. The van der Waals surface area contributed by atoms with Crippen molar-refractivity contribution in [3.63, 3.8) is 0 Å². The zero-order valence-electron chi connectivity index (χ0n) is 19.1. The molecule has 1 atom stereocenters. The monoisotopic (exact) mass is 439 g/mol. The summed E-state index contributed by atoms with van der Waals surface area (Å²) in [5.41, 5.74) is 2.89. The number of para-hydroxylation sites is 2. The van der Waals surface area contributed by atoms with Gasteiger partial charge in [0.2, 0.25) is 5.88 Å². The van der Waals surface area contributed by atoms with Gasteiger partial charge in [-0.3, -0.25) is 4.90 Å². The molecule has 172 valence electrons. The molecule has 0 amide bonds. The van der Waals surface area contributed by atoms with Crippen molar-refractivity contribution in [1.29, 1.82) is 0 Å². The molecule has 0 saturated carbocycles. The Morgan fingerprint density at radius 3 is 2.31 bits per heavy atom. The van der Waals surface area contributed by atoms with E-state index in [4.69, 9.17) is 19.3 Å². The Kier molecular flexibility index (Phi) is 9.25. The third kappa shape index (κ3) is 6.40. The van der Waals surface area contributed by atoms with Gasteiger partial charge in [-0.2, -0.15) is 5.10 Å². The smallest absolute Gasteiger partial charge is 0.227 e. The molecule has 3 rings (SSSR count). The van der Waals surface area contributed by atoms with Crippen LogP contribution in [0, 0.1) is 0 Å². The fourth-order valence-electron chi connectivity index (χ4n) is 3.59. The average molecular weight is 440 g/mol. The molecule has 1 aromatic heterocycles. The summed E-state index contributed by atoms with van der Waals surface area (Å²) >= 11 is 0. The summed E-state index contributed by atoms with van der Waals surface area (Å²) in [4.78, 5) is 2.15. The van der Waals surface area contributed by atoms with E-state index in [9.17, 15) is 5.11 Å². The third-order valence-electron chi connectivity index (χ3n) is 5.13. The van der Waals surface area contributed by atoms with E-state index in [1.54, 1.807) is 14.2 Å². The Morgan fingerprint density at radius 1 is 1.00 bits per heavy atom. The third-order valence-corrected chi connectivity index (χ3v) is 5.13. The summed E-state index contributed by atoms with van der Waals surface area (Å²) in [6, 6.07) is 19.7. The van der Waals surface area contributed by atoms with Crippen LogP contribution in [0.4, 0.5) is 0 Å². The molecule has 0 aliphatic rings. The summed E-state index contributed by atoms with van der Waals surface area (Å²) in [6.45, 7) is 4.63. The summed E-state index contributed by atoms with van der Waals surface area (Å²) in [5, 5.41) is 15.2. The molecule has 0 fully saturated rings. The first kappa shape index (κ1) is 23.9. The first-order valence-electron chi connectivity index (χ1n) is 10.9. The zero-order chi connectivity index (χ0) is 22.8. The van der Waals surface area contributed by atoms with E-state index in [1.807, 2.05) is 65.3 Å². The molecule has 1 N–H and O–H groups in total. The average Bonchev–Trinajstić information content (AvgIpc) is 3.15. The van der Waals surface area contributed by atoms with Gasteiger partial charge in [0, 0.05) is 33.9 Å². The van der Waals surface area contributed by atoms with E-state index in [1.165, 1.54) is 0 Å². The van der Waals surface area contributed by atoms with Crippen molar-refractivity contribution >= 4 is 0 Å². The van der Waals surface area contributed by atoms with Gasteiger partial charge in [-0.15, -0.1) is 0 Å². The minimum Gasteiger partial charge on any atom is -0.439 e. The highest BCUT2D eigenvalue weighted by atomic mass is 16.5. The molecule has 7 heteroatoms. The molecule has 3 aromatic rings. The van der Waals surface area contributed by atoms with Crippen LogP contribution in [0.15, 0.2) is 60.7 Å². The number of hydrogen-bond donors (Lipinski definition) is 1. The zero-order valence-corrected chi connectivity index (χ0v) is 19.1. The molecule has 1 heterocycles. The molecule has 0 saturated heterocycles. The minimum absolute atomic E-state index is 0.279. The van der Waals surface area contributed by atoms with Crippen LogP contribution >= 0.6 is 0 Å². The molecule has 0 aliphatic heterocycles. The number of benzene rings is 2. The van der Waals surface area contributed by atoms with Gasteiger partial charge in [0.05, 0.1) is 36.3 Å². The summed E-state index contributed by atoms with van der Waals surface area (Å²) in [5.74, 6) is 1.43. The van der Waals surface area contributed by atoms with Crippen molar-refractivity contribution in [3.05, 3.63) is 71.9 Å². The lowest BCUT2D eigenvalue weighted by atomic mass is 10.1. The highest BCUT2D eigenvalue weighted by molar-refractivity contribution is 5.43. The summed E-state index contributed by atoms with van der Waals surface area (Å²) < 4.78 is 18.7. The van der Waals surface area contributed by atoms with E-state index in [0.717, 1.165) is 29.1 Å². The normalized spacial score (nSPS) is 12.3. The summed E-state index contributed by atoms with van der Waals surface area (Å²) in [6.07, 6.45) is 0.170.